The van der Waals surface area contributed by atoms with E-state index in [1.165, 1.54) is 65.5 Å². The van der Waals surface area contributed by atoms with Crippen molar-refractivity contribution in [1.29, 1.82) is 0 Å². The Kier molecular flexibility index (Phi) is 12.8. The molecule has 4 aliphatic heterocycles. The molecule has 0 amide bonds. The topological polar surface area (TPSA) is 19.4 Å². The Morgan fingerprint density at radius 2 is 0.395 bits per heavy atom. The van der Waals surface area contributed by atoms with Gasteiger partial charge in [-0.15, -0.1) is 0 Å². The van der Waals surface area contributed by atoms with Crippen molar-refractivity contribution in [3.05, 3.63) is 339 Å². The Bertz CT molecular complexity index is 4230. The summed E-state index contributed by atoms with van der Waals surface area (Å²) in [5, 5.41) is 0.673. The van der Waals surface area contributed by atoms with Crippen molar-refractivity contribution in [2.45, 2.75) is 0 Å². The van der Waals surface area contributed by atoms with E-state index < -0.39 is 18.4 Å². The van der Waals surface area contributed by atoms with Crippen molar-refractivity contribution in [2.24, 2.45) is 0 Å². The summed E-state index contributed by atoms with van der Waals surface area (Å²) in [7, 11) is 0. The summed E-state index contributed by atoms with van der Waals surface area (Å²) >= 11 is 3.31. The van der Waals surface area contributed by atoms with Gasteiger partial charge in [-0.2, -0.15) is 0 Å². The van der Waals surface area contributed by atoms with Crippen LogP contribution in [0.2, 0.25) is 5.02 Å². The zero-order valence-corrected chi connectivity index (χ0v) is 50.4. The second-order valence-corrected chi connectivity index (χ2v) is 32.4. The van der Waals surface area contributed by atoms with Gasteiger partial charge in [-0.05, 0) is 84.9 Å². The van der Waals surface area contributed by atoms with E-state index in [9.17, 15) is 0 Å². The first kappa shape index (κ1) is 51.4. The molecule has 8 heteroatoms. The minimum absolute atomic E-state index is 0.673. The van der Waals surface area contributed by atoms with Gasteiger partial charge in [-0.1, -0.05) is 84.4 Å². The third kappa shape index (κ3) is 8.23. The third-order valence-corrected chi connectivity index (χ3v) is 31.7. The van der Waals surface area contributed by atoms with Gasteiger partial charge in [0.05, 0.1) is 16.4 Å². The molecule has 0 saturated heterocycles. The van der Waals surface area contributed by atoms with Crippen LogP contribution in [-0.4, -0.2) is 18.4 Å². The molecule has 4 aliphatic rings. The molecule has 0 fully saturated rings. The molecule has 17 rings (SSSR count). The van der Waals surface area contributed by atoms with Crippen LogP contribution in [0.4, 0.5) is 102 Å². The van der Waals surface area contributed by atoms with Gasteiger partial charge in [0.2, 0.25) is 0 Å². The van der Waals surface area contributed by atoms with E-state index in [0.29, 0.717) is 5.02 Å². The number of anilines is 18. The maximum absolute atomic E-state index is 7.38. The van der Waals surface area contributed by atoms with E-state index in [1.54, 1.807) is 0 Å². The Morgan fingerprint density at radius 1 is 0.186 bits per heavy atom. The molecular formula is C78H55ClN6Sn. The Balaban J connectivity index is 0.000000141. The predicted molar refractivity (Wildman–Crippen MR) is 364 cm³/mol. The molecule has 86 heavy (non-hydrogen) atoms. The molecule has 0 saturated carbocycles. The molecule has 408 valence electrons. The zero-order chi connectivity index (χ0) is 57.1. The van der Waals surface area contributed by atoms with Crippen molar-refractivity contribution in [1.82, 2.24) is 0 Å². The molecule has 0 aliphatic carbocycles. The standard InChI is InChI=1S/C36H26ClN3.C36H24N3.C6H5.Sn/c37-36-34-23-12-24-35(36)40(29-17-8-3-9-18-29)33-22-11-20-31(26-33)38(27-13-4-1-5-14-27)30-19-10-21-32(25-30)39(34)28-15-6-2-7-16-28;1-4-13-28(14-5-1)37-31-19-10-21-33(25-31)38(29-15-6-2-7-16-29)35-23-12-24-36(27-35)39(30-17-8-3-9-18-30)34-22-11-20-32(37)26-34;1-2-4-6-5-3-1;/h1-26H;1-24H;1-5H;. The fraction of sp³-hybridized carbons (Fsp3) is 0. The summed E-state index contributed by atoms with van der Waals surface area (Å²) < 4.78 is 6.04. The predicted octanol–water partition coefficient (Wildman–Crippen LogP) is 19.5. The number of benzene rings is 13. The van der Waals surface area contributed by atoms with Crippen LogP contribution in [0.25, 0.3) is 0 Å². The van der Waals surface area contributed by atoms with Crippen molar-refractivity contribution in [2.75, 3.05) is 29.4 Å². The van der Waals surface area contributed by atoms with Gasteiger partial charge in [-0.25, -0.2) is 0 Å². The van der Waals surface area contributed by atoms with E-state index in [0.717, 1.165) is 51.2 Å². The number of hydrogen-bond donors (Lipinski definition) is 0. The van der Waals surface area contributed by atoms with Gasteiger partial charge in [0.15, 0.2) is 0 Å². The number of rotatable bonds is 7. The van der Waals surface area contributed by atoms with Crippen LogP contribution in [0.15, 0.2) is 334 Å². The van der Waals surface area contributed by atoms with E-state index in [2.05, 4.69) is 351 Å². The first-order valence-corrected chi connectivity index (χ1v) is 35.3. The van der Waals surface area contributed by atoms with E-state index in [-0.39, 0.29) is 0 Å². The first-order chi connectivity index (χ1) is 42.6. The average Bonchev–Trinajstić information content (AvgIpc) is 0.662. The average molecular weight is 1230 g/mol. The van der Waals surface area contributed by atoms with Gasteiger partial charge in [-0.3, -0.25) is 0 Å². The molecule has 6 nitrogen and oxygen atoms in total. The van der Waals surface area contributed by atoms with Crippen LogP contribution in [0.5, 0.6) is 0 Å². The van der Waals surface area contributed by atoms with Gasteiger partial charge in [0, 0.05) is 39.8 Å². The van der Waals surface area contributed by atoms with Gasteiger partial charge in [0.1, 0.15) is 0 Å². The van der Waals surface area contributed by atoms with Crippen LogP contribution in [0, 0.1) is 0 Å². The van der Waals surface area contributed by atoms with Crippen molar-refractivity contribution in [3.8, 4) is 0 Å². The zero-order valence-electron chi connectivity index (χ0n) is 46.8. The van der Waals surface area contributed by atoms with E-state index in [4.69, 9.17) is 11.6 Å². The number of hydrogen-bond acceptors (Lipinski definition) is 6. The van der Waals surface area contributed by atoms with Crippen LogP contribution in [0.1, 0.15) is 0 Å². The normalized spacial score (nSPS) is 13.6. The Labute approximate surface area is 511 Å². The molecule has 4 heterocycles. The molecule has 13 aromatic rings. The third-order valence-electron chi connectivity index (χ3n) is 17.1. The van der Waals surface area contributed by atoms with Crippen LogP contribution >= 0.6 is 11.6 Å². The summed E-state index contributed by atoms with van der Waals surface area (Å²) in [5.41, 5.74) is 20.4. The molecule has 0 aromatic heterocycles. The second-order valence-electron chi connectivity index (χ2n) is 21.8. The fourth-order valence-electron chi connectivity index (χ4n) is 13.7. The first-order valence-electron chi connectivity index (χ1n) is 29.2. The molecular weight excluding hydrogens is 1180 g/mol. The molecule has 6 bridgehead atoms. The minimum atomic E-state index is -4.07. The molecule has 13 aromatic carbocycles. The molecule has 0 atom stereocenters. The number of halogens is 1. The van der Waals surface area contributed by atoms with Crippen LogP contribution in [0.3, 0.4) is 0 Å². The van der Waals surface area contributed by atoms with Gasteiger partial charge in [0.25, 0.3) is 0 Å². The van der Waals surface area contributed by atoms with E-state index in [1.807, 2.05) is 12.1 Å². The monoisotopic (exact) mass is 1230 g/mol. The second kappa shape index (κ2) is 21.4. The van der Waals surface area contributed by atoms with Crippen LogP contribution in [-0.2, 0) is 0 Å². The summed E-state index contributed by atoms with van der Waals surface area (Å²) in [6.07, 6.45) is 0. The van der Waals surface area contributed by atoms with Gasteiger partial charge < -0.3 is 14.7 Å². The van der Waals surface area contributed by atoms with Crippen molar-refractivity contribution >= 4 is 147 Å². The SMILES string of the molecule is Clc1c2cccc1N(c1ccccc1)c1cccc(c1)N(c1ccccc1)c1cccc(c1)N2c1ccccc1.c1ccc(N2c3cccc4[c]3[Sn]3([c]5ccccc5)[c]5c2cccc5N(c2ccccc2)c2cccc([c]23)N4c2ccccc2)cc1. The molecule has 0 N–H and O–H groups in total. The Hall–Kier alpha value is -10.3. The quantitative estimate of drug-likeness (QED) is 0.147. The fourth-order valence-corrected chi connectivity index (χ4v) is 30.5. The summed E-state index contributed by atoms with van der Waals surface area (Å²) in [5.74, 6) is 0. The number of nitrogens with zero attached hydrogens (tertiary/aromatic N) is 6. The van der Waals surface area contributed by atoms with Crippen molar-refractivity contribution in [3.63, 3.8) is 0 Å². The number of fused-ring (bicyclic) bond motifs is 6. The Morgan fingerprint density at radius 3 is 0.686 bits per heavy atom. The van der Waals surface area contributed by atoms with Gasteiger partial charge >= 0.3 is 275 Å². The summed E-state index contributed by atoms with van der Waals surface area (Å²) in [6.45, 7) is 0. The molecule has 0 spiro atoms. The summed E-state index contributed by atoms with van der Waals surface area (Å²) in [4.78, 5) is 14.4. The maximum atomic E-state index is 7.38. The van der Waals surface area contributed by atoms with Crippen molar-refractivity contribution < 1.29 is 0 Å². The summed E-state index contributed by atoms with van der Waals surface area (Å²) in [6, 6.07) is 120. The molecule has 0 radical (unpaired) electrons. The number of para-hydroxylation sites is 6. The van der Waals surface area contributed by atoms with Crippen LogP contribution < -0.4 is 43.7 Å². The van der Waals surface area contributed by atoms with E-state index >= 15 is 0 Å². The molecule has 0 unspecified atom stereocenters.